The zero-order valence-electron chi connectivity index (χ0n) is 7.77. The van der Waals surface area contributed by atoms with Gasteiger partial charge in [-0.05, 0) is 13.8 Å². The zero-order valence-corrected chi connectivity index (χ0v) is 9.35. The molecular weight excluding hydrogens is 218 g/mol. The predicted octanol–water partition coefficient (Wildman–Crippen LogP) is 2.20. The molecule has 0 unspecified atom stereocenters. The molecule has 0 heterocycles. The zero-order chi connectivity index (χ0) is 9.56. The molecule has 0 aliphatic heterocycles. The van der Waals surface area contributed by atoms with Gasteiger partial charge in [0, 0.05) is 24.8 Å². The molecule has 0 aromatic heterocycles. The van der Waals surface area contributed by atoms with Crippen LogP contribution in [0.2, 0.25) is 0 Å². The normalized spacial score (nSPS) is 9.58. The maximum atomic E-state index is 11.4. The Balaban J connectivity index is 3.96. The first-order valence-corrected chi connectivity index (χ1v) is 5.22. The molecule has 0 atom stereocenters. The van der Waals surface area contributed by atoms with Crippen LogP contribution in [0.3, 0.4) is 0 Å². The summed E-state index contributed by atoms with van der Waals surface area (Å²) in [7, 11) is 0. The highest BCUT2D eigenvalue weighted by Gasteiger charge is 2.09. The van der Waals surface area contributed by atoms with E-state index >= 15 is 0 Å². The van der Waals surface area contributed by atoms with E-state index in [-0.39, 0.29) is 5.91 Å². The van der Waals surface area contributed by atoms with Gasteiger partial charge in [-0.3, -0.25) is 4.79 Å². The Hall–Kier alpha value is -0.310. The predicted molar refractivity (Wildman–Crippen MR) is 55.5 cm³/mol. The van der Waals surface area contributed by atoms with E-state index in [2.05, 4.69) is 22.5 Å². The summed E-state index contributed by atoms with van der Waals surface area (Å²) in [4.78, 5) is 13.2. The molecule has 0 aromatic rings. The largest absolute Gasteiger partial charge is 0.339 e. The van der Waals surface area contributed by atoms with Crippen molar-refractivity contribution < 1.29 is 4.79 Å². The third-order valence-corrected chi connectivity index (χ3v) is 1.90. The third kappa shape index (κ3) is 4.54. The molecule has 0 saturated heterocycles. The fourth-order valence-corrected chi connectivity index (χ4v) is 1.28. The Bertz CT molecular complexity index is 168. The lowest BCUT2D eigenvalue weighted by Crippen LogP contribution is -2.32. The number of hydrogen-bond acceptors (Lipinski definition) is 1. The average Bonchev–Trinajstić information content (AvgIpc) is 2.00. The van der Waals surface area contributed by atoms with Crippen molar-refractivity contribution in [1.82, 2.24) is 4.90 Å². The summed E-state index contributed by atoms with van der Waals surface area (Å²) < 4.78 is 0. The monoisotopic (exact) mass is 233 g/mol. The van der Waals surface area contributed by atoms with E-state index in [1.807, 2.05) is 18.7 Å². The first-order valence-electron chi connectivity index (χ1n) is 4.10. The van der Waals surface area contributed by atoms with E-state index in [1.165, 1.54) is 0 Å². The fraction of sp³-hybridized carbons (Fsp3) is 0.667. The molecule has 3 heteroatoms. The lowest BCUT2D eigenvalue weighted by molar-refractivity contribution is -0.130. The van der Waals surface area contributed by atoms with Crippen LogP contribution >= 0.6 is 15.9 Å². The summed E-state index contributed by atoms with van der Waals surface area (Å²) in [6.45, 7) is 9.14. The van der Waals surface area contributed by atoms with Crippen molar-refractivity contribution in [3.8, 4) is 0 Å². The van der Waals surface area contributed by atoms with Crippen LogP contribution in [0.15, 0.2) is 12.2 Å². The quantitative estimate of drug-likeness (QED) is 0.527. The van der Waals surface area contributed by atoms with Gasteiger partial charge in [0.2, 0.25) is 5.91 Å². The van der Waals surface area contributed by atoms with Gasteiger partial charge in [-0.1, -0.05) is 28.1 Å². The SMILES string of the molecule is C=C(C)CN(CC)C(=O)CCBr. The molecule has 12 heavy (non-hydrogen) atoms. The van der Waals surface area contributed by atoms with E-state index in [4.69, 9.17) is 0 Å². The second-order valence-electron chi connectivity index (χ2n) is 2.80. The van der Waals surface area contributed by atoms with Gasteiger partial charge in [0.1, 0.15) is 0 Å². The van der Waals surface area contributed by atoms with Crippen LogP contribution < -0.4 is 0 Å². The number of carbonyl (C=O) groups excluding carboxylic acids is 1. The molecule has 70 valence electrons. The second kappa shape index (κ2) is 6.23. The van der Waals surface area contributed by atoms with Gasteiger partial charge in [-0.25, -0.2) is 0 Å². The molecule has 0 fully saturated rings. The molecule has 0 spiro atoms. The van der Waals surface area contributed by atoms with E-state index in [0.29, 0.717) is 13.0 Å². The molecule has 2 nitrogen and oxygen atoms in total. The van der Waals surface area contributed by atoms with E-state index < -0.39 is 0 Å². The molecule has 0 N–H and O–H groups in total. The van der Waals surface area contributed by atoms with Gasteiger partial charge in [-0.15, -0.1) is 0 Å². The Morgan fingerprint density at radius 1 is 1.58 bits per heavy atom. The molecule has 0 rings (SSSR count). The molecule has 0 aromatic carbocycles. The van der Waals surface area contributed by atoms with Crippen LogP contribution in [0.25, 0.3) is 0 Å². The molecule has 0 aliphatic rings. The minimum atomic E-state index is 0.192. The number of nitrogens with zero attached hydrogens (tertiary/aromatic N) is 1. The van der Waals surface area contributed by atoms with Crippen molar-refractivity contribution in [1.29, 1.82) is 0 Å². The number of halogens is 1. The topological polar surface area (TPSA) is 20.3 Å². The minimum Gasteiger partial charge on any atom is -0.339 e. The molecule has 0 aliphatic carbocycles. The lowest BCUT2D eigenvalue weighted by Gasteiger charge is -2.20. The first kappa shape index (κ1) is 11.7. The van der Waals surface area contributed by atoms with Crippen molar-refractivity contribution in [3.63, 3.8) is 0 Å². The molecule has 0 radical (unpaired) electrons. The van der Waals surface area contributed by atoms with Crippen molar-refractivity contribution in [3.05, 3.63) is 12.2 Å². The maximum Gasteiger partial charge on any atom is 0.223 e. The summed E-state index contributed by atoms with van der Waals surface area (Å²) in [5.74, 6) is 0.192. The number of alkyl halides is 1. The number of carbonyl (C=O) groups is 1. The Morgan fingerprint density at radius 3 is 2.50 bits per heavy atom. The summed E-state index contributed by atoms with van der Waals surface area (Å²) >= 11 is 3.24. The Labute approximate surface area is 82.8 Å². The van der Waals surface area contributed by atoms with Crippen molar-refractivity contribution in [2.45, 2.75) is 20.3 Å². The van der Waals surface area contributed by atoms with Gasteiger partial charge in [0.05, 0.1) is 0 Å². The smallest absolute Gasteiger partial charge is 0.223 e. The maximum absolute atomic E-state index is 11.4. The van der Waals surface area contributed by atoms with Crippen LogP contribution in [0.4, 0.5) is 0 Å². The highest BCUT2D eigenvalue weighted by Crippen LogP contribution is 2.00. The van der Waals surface area contributed by atoms with Gasteiger partial charge in [0.25, 0.3) is 0 Å². The Morgan fingerprint density at radius 2 is 2.17 bits per heavy atom. The van der Waals surface area contributed by atoms with E-state index in [9.17, 15) is 4.79 Å². The van der Waals surface area contributed by atoms with Gasteiger partial charge < -0.3 is 4.90 Å². The lowest BCUT2D eigenvalue weighted by atomic mass is 10.3. The Kier molecular flexibility index (Phi) is 6.07. The molecule has 0 saturated carbocycles. The first-order chi connectivity index (χ1) is 5.61. The molecule has 1 amide bonds. The molecular formula is C9H16BrNO. The minimum absolute atomic E-state index is 0.192. The summed E-state index contributed by atoms with van der Waals surface area (Å²) in [5, 5.41) is 0.735. The van der Waals surface area contributed by atoms with Crippen molar-refractivity contribution >= 4 is 21.8 Å². The van der Waals surface area contributed by atoms with Crippen molar-refractivity contribution in [2.75, 3.05) is 18.4 Å². The standard InChI is InChI=1S/C9H16BrNO/c1-4-11(7-8(2)3)9(12)5-6-10/h2,4-7H2,1,3H3. The highest BCUT2D eigenvalue weighted by atomic mass is 79.9. The third-order valence-electron chi connectivity index (χ3n) is 1.50. The summed E-state index contributed by atoms with van der Waals surface area (Å²) in [6.07, 6.45) is 0.571. The highest BCUT2D eigenvalue weighted by molar-refractivity contribution is 9.09. The van der Waals surface area contributed by atoms with Crippen LogP contribution in [0, 0.1) is 0 Å². The van der Waals surface area contributed by atoms with Gasteiger partial charge in [0.15, 0.2) is 0 Å². The number of rotatable bonds is 5. The van der Waals surface area contributed by atoms with E-state index in [0.717, 1.165) is 17.4 Å². The number of hydrogen-bond donors (Lipinski definition) is 0. The van der Waals surface area contributed by atoms with Crippen LogP contribution in [0.5, 0.6) is 0 Å². The van der Waals surface area contributed by atoms with Crippen LogP contribution in [-0.4, -0.2) is 29.2 Å². The average molecular weight is 234 g/mol. The van der Waals surface area contributed by atoms with E-state index in [1.54, 1.807) is 0 Å². The van der Waals surface area contributed by atoms with Crippen LogP contribution in [-0.2, 0) is 4.79 Å². The van der Waals surface area contributed by atoms with Crippen molar-refractivity contribution in [2.24, 2.45) is 0 Å². The fourth-order valence-electron chi connectivity index (χ4n) is 0.941. The summed E-state index contributed by atoms with van der Waals surface area (Å²) in [5.41, 5.74) is 1.03. The second-order valence-corrected chi connectivity index (χ2v) is 3.60. The van der Waals surface area contributed by atoms with Crippen LogP contribution in [0.1, 0.15) is 20.3 Å². The van der Waals surface area contributed by atoms with Gasteiger partial charge >= 0.3 is 0 Å². The summed E-state index contributed by atoms with van der Waals surface area (Å²) in [6, 6.07) is 0. The van der Waals surface area contributed by atoms with Gasteiger partial charge in [-0.2, -0.15) is 0 Å². The number of amides is 1. The molecule has 0 bridgehead atoms. The number of likely N-dealkylation sites (N-methyl/N-ethyl adjacent to an activating group) is 1.